The quantitative estimate of drug-likeness (QED) is 0.557. The van der Waals surface area contributed by atoms with Gasteiger partial charge in [0.1, 0.15) is 0 Å². The van der Waals surface area contributed by atoms with Gasteiger partial charge in [-0.1, -0.05) is 0 Å². The fourth-order valence-electron chi connectivity index (χ4n) is 2.44. The molecular formula is C8H15NO. The molecule has 1 saturated carbocycles. The lowest BCUT2D eigenvalue weighted by molar-refractivity contribution is 0.122. The molecule has 0 radical (unpaired) electrons. The summed E-state index contributed by atoms with van der Waals surface area (Å²) in [5.74, 6) is 0.769. The Morgan fingerprint density at radius 3 is 2.60 bits per heavy atom. The Labute approximate surface area is 61.6 Å². The predicted octanol–water partition coefficient (Wildman–Crippen LogP) is 0.508. The fraction of sp³-hybridized carbons (Fsp3) is 1.00. The van der Waals surface area contributed by atoms with Gasteiger partial charge in [-0.05, 0) is 32.1 Å². The Bertz CT molecular complexity index is 135. The third-order valence-electron chi connectivity index (χ3n) is 2.93. The van der Waals surface area contributed by atoms with Crippen LogP contribution in [0.1, 0.15) is 26.2 Å². The lowest BCUT2D eigenvalue weighted by Gasteiger charge is -2.25. The zero-order valence-corrected chi connectivity index (χ0v) is 6.38. The predicted molar refractivity (Wildman–Crippen MR) is 39.7 cm³/mol. The molecule has 2 N–H and O–H groups in total. The molecule has 0 aromatic rings. The third kappa shape index (κ3) is 0.867. The van der Waals surface area contributed by atoms with Gasteiger partial charge >= 0.3 is 0 Å². The highest BCUT2D eigenvalue weighted by molar-refractivity contribution is 4.98. The van der Waals surface area contributed by atoms with Gasteiger partial charge in [0.05, 0.1) is 6.10 Å². The van der Waals surface area contributed by atoms with Crippen LogP contribution in [-0.4, -0.2) is 23.3 Å². The van der Waals surface area contributed by atoms with Crippen LogP contribution in [-0.2, 0) is 0 Å². The molecule has 4 unspecified atom stereocenters. The van der Waals surface area contributed by atoms with Crippen molar-refractivity contribution in [1.29, 1.82) is 0 Å². The van der Waals surface area contributed by atoms with Crippen LogP contribution >= 0.6 is 0 Å². The first kappa shape index (κ1) is 6.62. The second-order valence-electron chi connectivity index (χ2n) is 3.70. The largest absolute Gasteiger partial charge is 0.392 e. The third-order valence-corrected chi connectivity index (χ3v) is 2.93. The van der Waals surface area contributed by atoms with Crippen LogP contribution in [0.25, 0.3) is 0 Å². The normalized spacial score (nSPS) is 48.0. The zero-order valence-electron chi connectivity index (χ0n) is 6.38. The average Bonchev–Trinajstić information content (AvgIpc) is 2.44. The van der Waals surface area contributed by atoms with E-state index in [-0.39, 0.29) is 6.10 Å². The molecule has 4 atom stereocenters. The topological polar surface area (TPSA) is 32.3 Å². The van der Waals surface area contributed by atoms with Crippen molar-refractivity contribution in [3.8, 4) is 0 Å². The van der Waals surface area contributed by atoms with E-state index in [9.17, 15) is 5.11 Å². The van der Waals surface area contributed by atoms with Gasteiger partial charge in [-0.15, -0.1) is 0 Å². The second kappa shape index (κ2) is 2.21. The lowest BCUT2D eigenvalue weighted by atomic mass is 9.96. The lowest BCUT2D eigenvalue weighted by Crippen LogP contribution is -2.42. The summed E-state index contributed by atoms with van der Waals surface area (Å²) in [5, 5.41) is 12.8. The summed E-state index contributed by atoms with van der Waals surface area (Å²) in [5.41, 5.74) is 0. The Morgan fingerprint density at radius 2 is 2.30 bits per heavy atom. The maximum atomic E-state index is 9.31. The number of hydrogen-bond acceptors (Lipinski definition) is 2. The number of aliphatic hydroxyl groups excluding tert-OH is 1. The van der Waals surface area contributed by atoms with E-state index >= 15 is 0 Å². The van der Waals surface area contributed by atoms with Crippen molar-refractivity contribution < 1.29 is 5.11 Å². The summed E-state index contributed by atoms with van der Waals surface area (Å²) in [6, 6.07) is 1.13. The van der Waals surface area contributed by atoms with Gasteiger partial charge in [0.15, 0.2) is 0 Å². The summed E-state index contributed by atoms with van der Waals surface area (Å²) in [4.78, 5) is 0. The van der Waals surface area contributed by atoms with Crippen LogP contribution in [0.2, 0.25) is 0 Å². The van der Waals surface area contributed by atoms with Gasteiger partial charge in [0, 0.05) is 12.1 Å². The highest BCUT2D eigenvalue weighted by Crippen LogP contribution is 2.36. The molecule has 10 heavy (non-hydrogen) atoms. The number of aliphatic hydroxyl groups is 1. The molecule has 1 heterocycles. The number of nitrogens with one attached hydrogen (secondary N) is 1. The minimum absolute atomic E-state index is 0.157. The summed E-state index contributed by atoms with van der Waals surface area (Å²) in [6.45, 7) is 1.89. The van der Waals surface area contributed by atoms with Crippen molar-refractivity contribution in [1.82, 2.24) is 5.32 Å². The number of fused-ring (bicyclic) bond motifs is 2. The van der Waals surface area contributed by atoms with Crippen molar-refractivity contribution in [2.75, 3.05) is 0 Å². The smallest absolute Gasteiger partial charge is 0.0667 e. The first-order valence-electron chi connectivity index (χ1n) is 4.21. The maximum Gasteiger partial charge on any atom is 0.0667 e. The number of piperidine rings is 1. The second-order valence-corrected chi connectivity index (χ2v) is 3.70. The summed E-state index contributed by atoms with van der Waals surface area (Å²) in [6.07, 6.45) is 3.80. The monoisotopic (exact) mass is 141 g/mol. The van der Waals surface area contributed by atoms with Crippen molar-refractivity contribution in [2.24, 2.45) is 5.92 Å². The molecular weight excluding hydrogens is 126 g/mol. The molecule has 2 heteroatoms. The molecule has 2 rings (SSSR count). The molecule has 0 spiro atoms. The van der Waals surface area contributed by atoms with E-state index in [2.05, 4.69) is 5.32 Å². The molecule has 58 valence electrons. The van der Waals surface area contributed by atoms with Crippen molar-refractivity contribution in [3.05, 3.63) is 0 Å². The Kier molecular flexibility index (Phi) is 1.46. The first-order chi connectivity index (χ1) is 4.77. The van der Waals surface area contributed by atoms with Crippen molar-refractivity contribution in [2.45, 2.75) is 44.4 Å². The minimum atomic E-state index is -0.157. The molecule has 2 fully saturated rings. The van der Waals surface area contributed by atoms with Crippen LogP contribution in [0.4, 0.5) is 0 Å². The molecule has 2 bridgehead atoms. The van der Waals surface area contributed by atoms with Crippen molar-refractivity contribution in [3.63, 3.8) is 0 Å². The molecule has 2 aliphatic rings. The van der Waals surface area contributed by atoms with E-state index in [0.29, 0.717) is 6.04 Å². The Hall–Kier alpha value is -0.0800. The molecule has 1 aliphatic heterocycles. The molecule has 1 saturated heterocycles. The van der Waals surface area contributed by atoms with E-state index in [4.69, 9.17) is 0 Å². The van der Waals surface area contributed by atoms with Gasteiger partial charge < -0.3 is 10.4 Å². The minimum Gasteiger partial charge on any atom is -0.392 e. The highest BCUT2D eigenvalue weighted by Gasteiger charge is 2.40. The number of hydrogen-bond donors (Lipinski definition) is 2. The number of rotatable bonds is 1. The van der Waals surface area contributed by atoms with E-state index in [1.54, 1.807) is 0 Å². The molecule has 0 aromatic heterocycles. The highest BCUT2D eigenvalue weighted by atomic mass is 16.3. The van der Waals surface area contributed by atoms with Crippen LogP contribution < -0.4 is 5.32 Å². The Morgan fingerprint density at radius 1 is 1.50 bits per heavy atom. The zero-order chi connectivity index (χ0) is 7.14. The SMILES string of the molecule is CC(O)C1NC2CCC1C2. The van der Waals surface area contributed by atoms with Gasteiger partial charge in [-0.2, -0.15) is 0 Å². The molecule has 1 aliphatic carbocycles. The van der Waals surface area contributed by atoms with Crippen LogP contribution in [0.5, 0.6) is 0 Å². The molecule has 0 aromatic carbocycles. The van der Waals surface area contributed by atoms with Crippen LogP contribution in [0.15, 0.2) is 0 Å². The van der Waals surface area contributed by atoms with Crippen LogP contribution in [0, 0.1) is 5.92 Å². The summed E-state index contributed by atoms with van der Waals surface area (Å²) in [7, 11) is 0. The van der Waals surface area contributed by atoms with Gasteiger partial charge in [-0.3, -0.25) is 0 Å². The maximum absolute atomic E-state index is 9.31. The van der Waals surface area contributed by atoms with Gasteiger partial charge in [0.25, 0.3) is 0 Å². The van der Waals surface area contributed by atoms with Crippen molar-refractivity contribution >= 4 is 0 Å². The van der Waals surface area contributed by atoms with E-state index in [0.717, 1.165) is 12.0 Å². The van der Waals surface area contributed by atoms with Gasteiger partial charge in [0.2, 0.25) is 0 Å². The van der Waals surface area contributed by atoms with E-state index < -0.39 is 0 Å². The Balaban J connectivity index is 2.02. The van der Waals surface area contributed by atoms with E-state index in [1.807, 2.05) is 6.92 Å². The van der Waals surface area contributed by atoms with E-state index in [1.165, 1.54) is 19.3 Å². The fourth-order valence-corrected chi connectivity index (χ4v) is 2.44. The van der Waals surface area contributed by atoms with Crippen LogP contribution in [0.3, 0.4) is 0 Å². The molecule has 2 nitrogen and oxygen atoms in total. The average molecular weight is 141 g/mol. The summed E-state index contributed by atoms with van der Waals surface area (Å²) < 4.78 is 0. The van der Waals surface area contributed by atoms with Gasteiger partial charge in [-0.25, -0.2) is 0 Å². The summed E-state index contributed by atoms with van der Waals surface area (Å²) >= 11 is 0. The molecule has 0 amide bonds. The standard InChI is InChI=1S/C8H15NO/c1-5(10)8-6-2-3-7(4-6)9-8/h5-10H,2-4H2,1H3. The first-order valence-corrected chi connectivity index (χ1v) is 4.21.